The summed E-state index contributed by atoms with van der Waals surface area (Å²) in [5.74, 6) is 0.0398. The van der Waals surface area contributed by atoms with Gasteiger partial charge in [0.1, 0.15) is 0 Å². The van der Waals surface area contributed by atoms with E-state index in [0.29, 0.717) is 12.0 Å². The summed E-state index contributed by atoms with van der Waals surface area (Å²) in [6.07, 6.45) is 9.72. The largest absolute Gasteiger partial charge is 0.355 e. The minimum atomic E-state index is -0.148. The van der Waals surface area contributed by atoms with E-state index in [-0.39, 0.29) is 11.8 Å². The molecule has 2 aliphatic rings. The predicted molar refractivity (Wildman–Crippen MR) is 120 cm³/mol. The van der Waals surface area contributed by atoms with Gasteiger partial charge in [0.05, 0.1) is 11.3 Å². The number of pyridine rings is 2. The smallest absolute Gasteiger partial charge is 0.252 e. The molecule has 3 heterocycles. The maximum atomic E-state index is 12.0. The van der Waals surface area contributed by atoms with Gasteiger partial charge in [0.25, 0.3) is 5.91 Å². The van der Waals surface area contributed by atoms with Crippen LogP contribution in [0, 0.1) is 0 Å². The third-order valence-electron chi connectivity index (χ3n) is 5.88. The molecule has 1 fully saturated rings. The average Bonchev–Trinajstić information content (AvgIpc) is 3.44. The maximum absolute atomic E-state index is 12.0. The van der Waals surface area contributed by atoms with Crippen molar-refractivity contribution >= 4 is 23.1 Å². The Kier molecular flexibility index (Phi) is 4.82. The highest BCUT2D eigenvalue weighted by molar-refractivity contribution is 5.96. The van der Waals surface area contributed by atoms with Crippen molar-refractivity contribution in [1.82, 2.24) is 15.3 Å². The van der Waals surface area contributed by atoms with Crippen LogP contribution in [0.4, 0.5) is 5.69 Å². The number of benzene rings is 1. The van der Waals surface area contributed by atoms with Crippen LogP contribution in [0.3, 0.4) is 0 Å². The van der Waals surface area contributed by atoms with Crippen molar-refractivity contribution in [2.75, 3.05) is 18.5 Å². The van der Waals surface area contributed by atoms with Crippen LogP contribution >= 0.6 is 0 Å². The van der Waals surface area contributed by atoms with E-state index in [2.05, 4.69) is 27.4 Å². The first-order valence-electron chi connectivity index (χ1n) is 10.4. The van der Waals surface area contributed by atoms with E-state index >= 15 is 0 Å². The van der Waals surface area contributed by atoms with E-state index in [1.165, 1.54) is 0 Å². The van der Waals surface area contributed by atoms with Gasteiger partial charge in [-0.25, -0.2) is 0 Å². The van der Waals surface area contributed by atoms with Gasteiger partial charge in [0.15, 0.2) is 0 Å². The number of aromatic nitrogens is 2. The number of anilines is 1. The van der Waals surface area contributed by atoms with Crippen molar-refractivity contribution in [3.05, 3.63) is 83.4 Å². The number of allylic oxidation sites excluding steroid dienone is 1. The zero-order valence-electron chi connectivity index (χ0n) is 17.3. The molecule has 6 heteroatoms. The van der Waals surface area contributed by atoms with Crippen LogP contribution in [-0.4, -0.2) is 35.4 Å². The topological polar surface area (TPSA) is 75.2 Å². The average molecular weight is 410 g/mol. The first kappa shape index (κ1) is 19.2. The van der Waals surface area contributed by atoms with E-state index in [1.807, 2.05) is 47.6 Å². The Morgan fingerprint density at radius 3 is 2.58 bits per heavy atom. The third-order valence-corrected chi connectivity index (χ3v) is 5.88. The number of fused-ring (bicyclic) bond motifs is 1. The first-order valence-corrected chi connectivity index (χ1v) is 10.4. The lowest BCUT2D eigenvalue weighted by molar-refractivity contribution is -0.117. The molecule has 2 amide bonds. The minimum absolute atomic E-state index is 0.148. The van der Waals surface area contributed by atoms with Gasteiger partial charge < -0.3 is 10.2 Å². The number of hydrogen-bond acceptors (Lipinski definition) is 4. The summed E-state index contributed by atoms with van der Waals surface area (Å²) in [6, 6.07) is 12.1. The van der Waals surface area contributed by atoms with Crippen LogP contribution in [0.15, 0.2) is 61.1 Å². The summed E-state index contributed by atoms with van der Waals surface area (Å²) in [6.45, 7) is 0.787. The Morgan fingerprint density at radius 2 is 1.84 bits per heavy atom. The highest BCUT2D eigenvalue weighted by atomic mass is 16.2. The molecule has 2 aromatic heterocycles. The molecule has 0 spiro atoms. The Bertz CT molecular complexity index is 1210. The molecule has 154 valence electrons. The van der Waals surface area contributed by atoms with Gasteiger partial charge in [0.2, 0.25) is 5.91 Å². The second-order valence-corrected chi connectivity index (χ2v) is 7.78. The van der Waals surface area contributed by atoms with Gasteiger partial charge in [-0.2, -0.15) is 0 Å². The number of amides is 2. The molecule has 0 radical (unpaired) electrons. The van der Waals surface area contributed by atoms with Crippen molar-refractivity contribution in [2.45, 2.75) is 19.3 Å². The Morgan fingerprint density at radius 1 is 1.03 bits per heavy atom. The van der Waals surface area contributed by atoms with E-state index < -0.39 is 0 Å². The van der Waals surface area contributed by atoms with E-state index in [9.17, 15) is 9.59 Å². The Hall–Kier alpha value is -3.80. The fourth-order valence-electron chi connectivity index (χ4n) is 4.24. The van der Waals surface area contributed by atoms with Crippen LogP contribution < -0.4 is 10.2 Å². The monoisotopic (exact) mass is 410 g/mol. The highest BCUT2D eigenvalue weighted by Crippen LogP contribution is 2.34. The predicted octanol–water partition coefficient (Wildman–Crippen LogP) is 3.62. The van der Waals surface area contributed by atoms with Gasteiger partial charge in [-0.3, -0.25) is 19.6 Å². The lowest BCUT2D eigenvalue weighted by Crippen LogP contribution is -2.23. The third kappa shape index (κ3) is 3.50. The van der Waals surface area contributed by atoms with Crippen molar-refractivity contribution in [3.8, 4) is 11.1 Å². The molecule has 6 nitrogen and oxygen atoms in total. The normalized spacial score (nSPS) is 15.1. The van der Waals surface area contributed by atoms with Gasteiger partial charge in [-0.1, -0.05) is 18.2 Å². The number of hydrogen-bond donors (Lipinski definition) is 1. The number of carbonyl (C=O) groups excluding carboxylic acids is 2. The van der Waals surface area contributed by atoms with Crippen molar-refractivity contribution in [1.29, 1.82) is 0 Å². The van der Waals surface area contributed by atoms with Crippen molar-refractivity contribution < 1.29 is 9.59 Å². The summed E-state index contributed by atoms with van der Waals surface area (Å²) in [5, 5.41) is 2.65. The van der Waals surface area contributed by atoms with Crippen molar-refractivity contribution in [3.63, 3.8) is 0 Å². The molecular weight excluding hydrogens is 388 g/mol. The fraction of sp³-hybridized carbons (Fsp3) is 0.200. The molecule has 0 unspecified atom stereocenters. The van der Waals surface area contributed by atoms with Crippen LogP contribution in [-0.2, 0) is 11.2 Å². The number of rotatable bonds is 4. The molecular formula is C25H22N4O2. The lowest BCUT2D eigenvalue weighted by atomic mass is 9.98. The second-order valence-electron chi connectivity index (χ2n) is 7.78. The van der Waals surface area contributed by atoms with E-state index in [0.717, 1.165) is 58.6 Å². The molecule has 3 aromatic rings. The molecule has 0 saturated carbocycles. The number of nitrogens with one attached hydrogen (secondary N) is 1. The molecule has 1 N–H and O–H groups in total. The molecule has 1 aliphatic carbocycles. The lowest BCUT2D eigenvalue weighted by Gasteiger charge is -2.16. The molecule has 0 bridgehead atoms. The SMILES string of the molecule is CNC(=O)c1cnc2c(c1)C(c1cncc(-c3ccc(N4CCCC4=O)cc3)c1)=CC2. The van der Waals surface area contributed by atoms with E-state index in [4.69, 9.17) is 0 Å². The van der Waals surface area contributed by atoms with Gasteiger partial charge in [-0.15, -0.1) is 0 Å². The van der Waals surface area contributed by atoms with Crippen LogP contribution in [0.25, 0.3) is 16.7 Å². The molecule has 1 aromatic carbocycles. The van der Waals surface area contributed by atoms with Crippen molar-refractivity contribution in [2.24, 2.45) is 0 Å². The van der Waals surface area contributed by atoms with E-state index in [1.54, 1.807) is 13.2 Å². The standard InChI is InChI=1S/C25H22N4O2/c1-26-25(31)19-12-22-21(8-9-23(22)28-15-19)18-11-17(13-27-14-18)16-4-6-20(7-5-16)29-10-2-3-24(29)30/h4-8,11-15H,2-3,9-10H2,1H3,(H,26,31). The summed E-state index contributed by atoms with van der Waals surface area (Å²) in [4.78, 5) is 34.8. The summed E-state index contributed by atoms with van der Waals surface area (Å²) in [7, 11) is 1.62. The fourth-order valence-corrected chi connectivity index (χ4v) is 4.24. The van der Waals surface area contributed by atoms with Crippen LogP contribution in [0.1, 0.15) is 40.0 Å². The molecule has 31 heavy (non-hydrogen) atoms. The summed E-state index contributed by atoms with van der Waals surface area (Å²) < 4.78 is 0. The number of carbonyl (C=O) groups is 2. The quantitative estimate of drug-likeness (QED) is 0.713. The zero-order valence-corrected chi connectivity index (χ0v) is 17.3. The Labute approximate surface area is 180 Å². The Balaban J connectivity index is 1.45. The maximum Gasteiger partial charge on any atom is 0.252 e. The first-order chi connectivity index (χ1) is 15.1. The molecule has 1 saturated heterocycles. The van der Waals surface area contributed by atoms with Crippen LogP contribution in [0.5, 0.6) is 0 Å². The molecule has 0 atom stereocenters. The molecule has 5 rings (SSSR count). The highest BCUT2D eigenvalue weighted by Gasteiger charge is 2.22. The zero-order chi connectivity index (χ0) is 21.4. The minimum Gasteiger partial charge on any atom is -0.355 e. The molecule has 1 aliphatic heterocycles. The van der Waals surface area contributed by atoms with Gasteiger partial charge >= 0.3 is 0 Å². The van der Waals surface area contributed by atoms with Gasteiger partial charge in [-0.05, 0) is 41.8 Å². The second kappa shape index (κ2) is 7.80. The number of nitrogens with zero attached hydrogens (tertiary/aromatic N) is 3. The summed E-state index contributed by atoms with van der Waals surface area (Å²) >= 11 is 0. The van der Waals surface area contributed by atoms with Gasteiger partial charge in [0, 0.05) is 67.4 Å². The summed E-state index contributed by atoms with van der Waals surface area (Å²) in [5.41, 5.74) is 7.51. The van der Waals surface area contributed by atoms with Crippen LogP contribution in [0.2, 0.25) is 0 Å².